The van der Waals surface area contributed by atoms with Gasteiger partial charge < -0.3 is 14.8 Å². The van der Waals surface area contributed by atoms with Crippen LogP contribution in [0, 0.1) is 5.92 Å². The lowest BCUT2D eigenvalue weighted by atomic mass is 10.0. The maximum atomic E-state index is 5.47. The zero-order valence-corrected chi connectivity index (χ0v) is 10.0. The van der Waals surface area contributed by atoms with Gasteiger partial charge in [-0.1, -0.05) is 0 Å². The summed E-state index contributed by atoms with van der Waals surface area (Å²) in [6.07, 6.45) is 1.36. The highest BCUT2D eigenvalue weighted by Crippen LogP contribution is 2.20. The van der Waals surface area contributed by atoms with Gasteiger partial charge in [-0.25, -0.2) is 5.84 Å². The summed E-state index contributed by atoms with van der Waals surface area (Å²) in [5.41, 5.74) is 2.54. The van der Waals surface area contributed by atoms with Crippen molar-refractivity contribution in [1.82, 2.24) is 10.7 Å². The minimum atomic E-state index is 0.293. The number of aliphatic imine (C=N–C) groups is 1. The van der Waals surface area contributed by atoms with E-state index in [-0.39, 0.29) is 0 Å². The molecule has 0 aromatic rings. The van der Waals surface area contributed by atoms with Crippen LogP contribution in [0.1, 0.15) is 13.3 Å². The van der Waals surface area contributed by atoms with Gasteiger partial charge in [0.25, 0.3) is 0 Å². The molecule has 1 fully saturated rings. The van der Waals surface area contributed by atoms with Crippen molar-refractivity contribution in [3.63, 3.8) is 0 Å². The predicted molar refractivity (Wildman–Crippen MR) is 63.0 cm³/mol. The van der Waals surface area contributed by atoms with Crippen molar-refractivity contribution in [2.75, 3.05) is 33.4 Å². The van der Waals surface area contributed by atoms with E-state index in [1.165, 1.54) is 0 Å². The van der Waals surface area contributed by atoms with Gasteiger partial charge in [0, 0.05) is 32.7 Å². The van der Waals surface area contributed by atoms with Crippen molar-refractivity contribution < 1.29 is 9.47 Å². The number of nitrogens with two attached hydrogens (primary N) is 1. The predicted octanol–water partition coefficient (Wildman–Crippen LogP) is -0.533. The Balaban J connectivity index is 2.28. The SMILES string of the molecule is COCCNC(=NCC1CCOC1C)NN. The molecule has 2 atom stereocenters. The average molecular weight is 230 g/mol. The molecule has 0 spiro atoms. The molecule has 0 radical (unpaired) electrons. The van der Waals surface area contributed by atoms with Crippen LogP contribution in [-0.4, -0.2) is 45.5 Å². The van der Waals surface area contributed by atoms with Crippen LogP contribution >= 0.6 is 0 Å². The van der Waals surface area contributed by atoms with Crippen LogP contribution in [-0.2, 0) is 9.47 Å². The molecule has 0 aromatic heterocycles. The van der Waals surface area contributed by atoms with Gasteiger partial charge in [0.05, 0.1) is 12.7 Å². The number of guanidine groups is 1. The van der Waals surface area contributed by atoms with Crippen LogP contribution in [0.2, 0.25) is 0 Å². The van der Waals surface area contributed by atoms with Crippen LogP contribution in [0.15, 0.2) is 4.99 Å². The van der Waals surface area contributed by atoms with E-state index in [2.05, 4.69) is 22.7 Å². The first-order chi connectivity index (χ1) is 7.77. The van der Waals surface area contributed by atoms with E-state index in [1.54, 1.807) is 7.11 Å². The topological polar surface area (TPSA) is 80.9 Å². The van der Waals surface area contributed by atoms with Gasteiger partial charge in [-0.2, -0.15) is 0 Å². The second kappa shape index (κ2) is 7.43. The highest BCUT2D eigenvalue weighted by molar-refractivity contribution is 5.79. The van der Waals surface area contributed by atoms with E-state index >= 15 is 0 Å². The number of nitrogens with one attached hydrogen (secondary N) is 2. The number of nitrogens with zero attached hydrogens (tertiary/aromatic N) is 1. The van der Waals surface area contributed by atoms with Crippen LogP contribution in [0.5, 0.6) is 0 Å². The Hall–Kier alpha value is -0.850. The standard InChI is InChI=1S/C10H22N4O2/c1-8-9(3-5-16-8)7-13-10(14-11)12-4-6-15-2/h8-9H,3-7,11H2,1-2H3,(H2,12,13,14). The smallest absolute Gasteiger partial charge is 0.205 e. The number of hydrogen-bond acceptors (Lipinski definition) is 4. The van der Waals surface area contributed by atoms with Crippen molar-refractivity contribution >= 4 is 5.96 Å². The zero-order chi connectivity index (χ0) is 11.8. The Labute approximate surface area is 96.6 Å². The minimum Gasteiger partial charge on any atom is -0.383 e. The summed E-state index contributed by atoms with van der Waals surface area (Å²) in [6, 6.07) is 0. The highest BCUT2D eigenvalue weighted by atomic mass is 16.5. The van der Waals surface area contributed by atoms with E-state index < -0.39 is 0 Å². The third-order valence-corrected chi connectivity index (χ3v) is 2.75. The summed E-state index contributed by atoms with van der Waals surface area (Å²) in [5.74, 6) is 6.46. The van der Waals surface area contributed by atoms with Crippen molar-refractivity contribution in [2.24, 2.45) is 16.8 Å². The molecule has 2 unspecified atom stereocenters. The summed E-state index contributed by atoms with van der Waals surface area (Å²) in [6.45, 7) is 4.98. The van der Waals surface area contributed by atoms with Crippen molar-refractivity contribution in [3.05, 3.63) is 0 Å². The Morgan fingerprint density at radius 3 is 3.00 bits per heavy atom. The van der Waals surface area contributed by atoms with Crippen LogP contribution < -0.4 is 16.6 Å². The first kappa shape index (κ1) is 13.2. The summed E-state index contributed by atoms with van der Waals surface area (Å²) >= 11 is 0. The molecule has 0 saturated carbocycles. The molecule has 0 aliphatic carbocycles. The van der Waals surface area contributed by atoms with Gasteiger partial charge in [-0.15, -0.1) is 0 Å². The molecule has 0 aromatic carbocycles. The summed E-state index contributed by atoms with van der Waals surface area (Å²) < 4.78 is 10.4. The molecule has 16 heavy (non-hydrogen) atoms. The number of rotatable bonds is 5. The number of hydrogen-bond donors (Lipinski definition) is 3. The Kier molecular flexibility index (Phi) is 6.14. The molecular weight excluding hydrogens is 208 g/mol. The summed E-state index contributed by atoms with van der Waals surface area (Å²) in [7, 11) is 1.66. The summed E-state index contributed by atoms with van der Waals surface area (Å²) in [4.78, 5) is 4.38. The molecule has 4 N–H and O–H groups in total. The number of ether oxygens (including phenoxy) is 2. The fraction of sp³-hybridized carbons (Fsp3) is 0.900. The molecule has 1 aliphatic heterocycles. The van der Waals surface area contributed by atoms with E-state index in [1.807, 2.05) is 0 Å². The van der Waals surface area contributed by atoms with E-state index in [4.69, 9.17) is 15.3 Å². The monoisotopic (exact) mass is 230 g/mol. The van der Waals surface area contributed by atoms with E-state index in [9.17, 15) is 0 Å². The van der Waals surface area contributed by atoms with Gasteiger partial charge >= 0.3 is 0 Å². The van der Waals surface area contributed by atoms with Gasteiger partial charge in [0.15, 0.2) is 0 Å². The molecule has 6 nitrogen and oxygen atoms in total. The lowest BCUT2D eigenvalue weighted by Crippen LogP contribution is -2.43. The zero-order valence-electron chi connectivity index (χ0n) is 10.0. The lowest BCUT2D eigenvalue weighted by Gasteiger charge is -2.13. The molecular formula is C10H22N4O2. The fourth-order valence-corrected chi connectivity index (χ4v) is 1.65. The van der Waals surface area contributed by atoms with E-state index in [0.717, 1.165) is 19.6 Å². The molecule has 0 bridgehead atoms. The van der Waals surface area contributed by atoms with E-state index in [0.29, 0.717) is 31.1 Å². The summed E-state index contributed by atoms with van der Waals surface area (Å²) in [5, 5.41) is 3.06. The van der Waals surface area contributed by atoms with Gasteiger partial charge in [-0.3, -0.25) is 10.4 Å². The Morgan fingerprint density at radius 1 is 1.62 bits per heavy atom. The second-order valence-electron chi connectivity index (χ2n) is 3.88. The third-order valence-electron chi connectivity index (χ3n) is 2.75. The van der Waals surface area contributed by atoms with Gasteiger partial charge in [0.2, 0.25) is 5.96 Å². The second-order valence-corrected chi connectivity index (χ2v) is 3.88. The fourth-order valence-electron chi connectivity index (χ4n) is 1.65. The lowest BCUT2D eigenvalue weighted by molar-refractivity contribution is 0.107. The molecule has 6 heteroatoms. The van der Waals surface area contributed by atoms with Crippen molar-refractivity contribution in [2.45, 2.75) is 19.4 Å². The third kappa shape index (κ3) is 4.34. The van der Waals surface area contributed by atoms with Gasteiger partial charge in [-0.05, 0) is 13.3 Å². The highest BCUT2D eigenvalue weighted by Gasteiger charge is 2.23. The molecule has 1 saturated heterocycles. The van der Waals surface area contributed by atoms with Crippen molar-refractivity contribution in [1.29, 1.82) is 0 Å². The minimum absolute atomic E-state index is 0.293. The quantitative estimate of drug-likeness (QED) is 0.194. The molecule has 0 amide bonds. The molecule has 1 heterocycles. The normalized spacial score (nSPS) is 25.8. The van der Waals surface area contributed by atoms with Crippen LogP contribution in [0.25, 0.3) is 0 Å². The number of hydrazine groups is 1. The first-order valence-corrected chi connectivity index (χ1v) is 5.63. The van der Waals surface area contributed by atoms with Gasteiger partial charge in [0.1, 0.15) is 0 Å². The van der Waals surface area contributed by atoms with Crippen LogP contribution in [0.4, 0.5) is 0 Å². The maximum Gasteiger partial charge on any atom is 0.205 e. The molecule has 1 rings (SSSR count). The average Bonchev–Trinajstić information content (AvgIpc) is 2.69. The number of methoxy groups -OCH3 is 1. The Bertz CT molecular complexity index is 223. The van der Waals surface area contributed by atoms with Crippen LogP contribution in [0.3, 0.4) is 0 Å². The Morgan fingerprint density at radius 2 is 2.44 bits per heavy atom. The molecule has 1 aliphatic rings. The first-order valence-electron chi connectivity index (χ1n) is 5.63. The molecule has 94 valence electrons. The van der Waals surface area contributed by atoms with Crippen molar-refractivity contribution in [3.8, 4) is 0 Å². The largest absolute Gasteiger partial charge is 0.383 e. The maximum absolute atomic E-state index is 5.47.